The first-order chi connectivity index (χ1) is 12.6. The molecule has 1 aromatic heterocycles. The number of Topliss-reactive ketones (excluding diaryl/α,β-unsaturated/α-hetero) is 1. The number of hydrogen-bond acceptors (Lipinski definition) is 7. The normalized spacial score (nSPS) is 14.5. The third kappa shape index (κ3) is 3.33. The van der Waals surface area contributed by atoms with Gasteiger partial charge in [0, 0.05) is 25.3 Å². The van der Waals surface area contributed by atoms with Gasteiger partial charge in [0.15, 0.2) is 19.3 Å². The summed E-state index contributed by atoms with van der Waals surface area (Å²) in [5.41, 5.74) is 2.73. The van der Waals surface area contributed by atoms with E-state index in [2.05, 4.69) is 0 Å². The van der Waals surface area contributed by atoms with Crippen LogP contribution in [0.15, 0.2) is 22.6 Å². The minimum absolute atomic E-state index is 0.0108. The van der Waals surface area contributed by atoms with Crippen molar-refractivity contribution >= 4 is 23.2 Å². The zero-order valence-electron chi connectivity index (χ0n) is 15.1. The zero-order valence-corrected chi connectivity index (χ0v) is 15.9. The molecule has 0 saturated carbocycles. The highest BCUT2D eigenvalue weighted by atomic mass is 32.1. The van der Waals surface area contributed by atoms with Crippen LogP contribution >= 0.6 is 11.3 Å². The Labute approximate surface area is 155 Å². The average molecular weight is 376 g/mol. The maximum atomic E-state index is 13.0. The maximum Gasteiger partial charge on any atom is 0.235 e. The molecule has 138 valence electrons. The van der Waals surface area contributed by atoms with E-state index in [0.29, 0.717) is 28.4 Å². The molecule has 1 aliphatic rings. The van der Waals surface area contributed by atoms with Gasteiger partial charge in [0.2, 0.25) is 5.78 Å². The lowest BCUT2D eigenvalue weighted by atomic mass is 10.00. The molecule has 1 aromatic carbocycles. The molecule has 0 atom stereocenters. The number of thiophene rings is 1. The molecular formula is C19H20O6S. The van der Waals surface area contributed by atoms with Crippen molar-refractivity contribution in [1.29, 1.82) is 0 Å². The summed E-state index contributed by atoms with van der Waals surface area (Å²) in [5.74, 6) is 1.45. The molecule has 0 N–H and O–H groups in total. The molecule has 0 amide bonds. The highest BCUT2D eigenvalue weighted by molar-refractivity contribution is 7.08. The summed E-state index contributed by atoms with van der Waals surface area (Å²) in [7, 11) is 3.06. The number of fused-ring (bicyclic) bond motifs is 1. The minimum atomic E-state index is -0.221. The van der Waals surface area contributed by atoms with Crippen LogP contribution < -0.4 is 14.2 Å². The molecule has 0 fully saturated rings. The molecule has 3 rings (SSSR count). The van der Waals surface area contributed by atoms with E-state index < -0.39 is 0 Å². The van der Waals surface area contributed by atoms with Crippen LogP contribution in [0.25, 0.3) is 6.08 Å². The Morgan fingerprint density at radius 3 is 2.38 bits per heavy atom. The van der Waals surface area contributed by atoms with Crippen molar-refractivity contribution in [1.82, 2.24) is 0 Å². The first-order valence-corrected chi connectivity index (χ1v) is 8.89. The Bertz CT molecular complexity index is 838. The lowest BCUT2D eigenvalue weighted by Crippen LogP contribution is -2.09. The second kappa shape index (κ2) is 7.90. The van der Waals surface area contributed by atoms with Gasteiger partial charge in [0.05, 0.1) is 0 Å². The Morgan fingerprint density at radius 2 is 1.77 bits per heavy atom. The summed E-state index contributed by atoms with van der Waals surface area (Å²) in [5, 5.41) is 3.89. The van der Waals surface area contributed by atoms with Gasteiger partial charge in [-0.2, -0.15) is 11.3 Å². The third-order valence-electron chi connectivity index (χ3n) is 3.96. The second-order valence-electron chi connectivity index (χ2n) is 5.71. The van der Waals surface area contributed by atoms with Gasteiger partial charge in [0.1, 0.15) is 22.8 Å². The lowest BCUT2D eigenvalue weighted by Gasteiger charge is -2.18. The predicted molar refractivity (Wildman–Crippen MR) is 98.2 cm³/mol. The molecule has 2 heterocycles. The van der Waals surface area contributed by atoms with Gasteiger partial charge < -0.3 is 23.7 Å². The Hall–Kier alpha value is -2.35. The maximum absolute atomic E-state index is 13.0. The van der Waals surface area contributed by atoms with E-state index in [1.54, 1.807) is 24.5 Å². The monoisotopic (exact) mass is 376 g/mol. The number of ether oxygens (including phenoxy) is 5. The molecule has 7 heteroatoms. The molecule has 0 saturated heterocycles. The number of hydrogen-bond donors (Lipinski definition) is 0. The quantitative estimate of drug-likeness (QED) is 0.539. The molecule has 0 aliphatic carbocycles. The number of benzene rings is 1. The highest BCUT2D eigenvalue weighted by Gasteiger charge is 2.36. The Morgan fingerprint density at radius 1 is 1.08 bits per heavy atom. The Balaban J connectivity index is 2.10. The molecule has 26 heavy (non-hydrogen) atoms. The molecule has 2 aromatic rings. The fourth-order valence-corrected chi connectivity index (χ4v) is 3.43. The first kappa shape index (κ1) is 18.4. The zero-order chi connectivity index (χ0) is 18.7. The number of carbonyl (C=O) groups excluding carboxylic acids is 1. The smallest absolute Gasteiger partial charge is 0.235 e. The van der Waals surface area contributed by atoms with Crippen molar-refractivity contribution in [2.45, 2.75) is 13.8 Å². The van der Waals surface area contributed by atoms with Crippen molar-refractivity contribution in [3.05, 3.63) is 44.8 Å². The minimum Gasteiger partial charge on any atom is -0.467 e. The fourth-order valence-electron chi connectivity index (χ4n) is 2.82. The van der Waals surface area contributed by atoms with Crippen LogP contribution in [0.2, 0.25) is 0 Å². The first-order valence-electron chi connectivity index (χ1n) is 7.95. The Kier molecular flexibility index (Phi) is 5.61. The summed E-state index contributed by atoms with van der Waals surface area (Å²) in [6.45, 7) is 3.77. The van der Waals surface area contributed by atoms with E-state index in [9.17, 15) is 4.79 Å². The van der Waals surface area contributed by atoms with E-state index in [-0.39, 0.29) is 25.1 Å². The van der Waals surface area contributed by atoms with Crippen molar-refractivity contribution in [2.24, 2.45) is 0 Å². The van der Waals surface area contributed by atoms with E-state index in [4.69, 9.17) is 23.7 Å². The summed E-state index contributed by atoms with van der Waals surface area (Å²) >= 11 is 1.55. The van der Waals surface area contributed by atoms with Crippen LogP contribution in [-0.2, 0) is 9.47 Å². The SMILES string of the molecule is COCOc1c(C)c(OCOC)c2c(c1C)OC(=Cc1ccsc1)C2=O. The van der Waals surface area contributed by atoms with E-state index >= 15 is 0 Å². The lowest BCUT2D eigenvalue weighted by molar-refractivity contribution is 0.0443. The van der Waals surface area contributed by atoms with Crippen molar-refractivity contribution in [3.63, 3.8) is 0 Å². The van der Waals surface area contributed by atoms with Crippen LogP contribution in [-0.4, -0.2) is 33.6 Å². The molecule has 6 nitrogen and oxygen atoms in total. The second-order valence-corrected chi connectivity index (χ2v) is 6.49. The van der Waals surface area contributed by atoms with Gasteiger partial charge in [-0.15, -0.1) is 0 Å². The van der Waals surface area contributed by atoms with Crippen LogP contribution in [0, 0.1) is 13.8 Å². The molecule has 0 bridgehead atoms. The largest absolute Gasteiger partial charge is 0.467 e. The number of allylic oxidation sites excluding steroid dienone is 1. The third-order valence-corrected chi connectivity index (χ3v) is 4.66. The van der Waals surface area contributed by atoms with Gasteiger partial charge in [-0.1, -0.05) is 0 Å². The van der Waals surface area contributed by atoms with Crippen LogP contribution in [0.1, 0.15) is 27.0 Å². The topological polar surface area (TPSA) is 63.2 Å². The van der Waals surface area contributed by atoms with E-state index in [1.165, 1.54) is 7.11 Å². The number of methoxy groups -OCH3 is 2. The van der Waals surface area contributed by atoms with E-state index in [0.717, 1.165) is 11.1 Å². The average Bonchev–Trinajstić information content (AvgIpc) is 3.25. The predicted octanol–water partition coefficient (Wildman–Crippen LogP) is 3.95. The standard InChI is InChI=1S/C19H20O6S/c1-11-17(23-9-21-3)12(2)19-15(18(11)24-10-22-4)16(20)14(25-19)7-13-5-6-26-8-13/h5-8H,9-10H2,1-4H3. The van der Waals surface area contributed by atoms with Gasteiger partial charge in [-0.05, 0) is 42.3 Å². The van der Waals surface area contributed by atoms with Gasteiger partial charge in [-0.25, -0.2) is 0 Å². The highest BCUT2D eigenvalue weighted by Crippen LogP contribution is 2.48. The number of rotatable bonds is 7. The van der Waals surface area contributed by atoms with Crippen LogP contribution in [0.5, 0.6) is 17.2 Å². The molecule has 1 aliphatic heterocycles. The molecule has 0 spiro atoms. The number of carbonyl (C=O) groups is 1. The molecule has 0 radical (unpaired) electrons. The van der Waals surface area contributed by atoms with Crippen LogP contribution in [0.4, 0.5) is 0 Å². The van der Waals surface area contributed by atoms with Gasteiger partial charge in [-0.3, -0.25) is 4.79 Å². The van der Waals surface area contributed by atoms with Gasteiger partial charge >= 0.3 is 0 Å². The van der Waals surface area contributed by atoms with Gasteiger partial charge in [0.25, 0.3) is 0 Å². The summed E-state index contributed by atoms with van der Waals surface area (Å²) in [6, 6.07) is 1.92. The van der Waals surface area contributed by atoms with Crippen molar-refractivity contribution < 1.29 is 28.5 Å². The molecule has 0 unspecified atom stereocenters. The van der Waals surface area contributed by atoms with Crippen LogP contribution in [0.3, 0.4) is 0 Å². The summed E-state index contributed by atoms with van der Waals surface area (Å²) in [4.78, 5) is 13.0. The van der Waals surface area contributed by atoms with Crippen molar-refractivity contribution in [2.75, 3.05) is 27.8 Å². The van der Waals surface area contributed by atoms with Crippen molar-refractivity contribution in [3.8, 4) is 17.2 Å². The van der Waals surface area contributed by atoms with E-state index in [1.807, 2.05) is 30.7 Å². The number of ketones is 1. The summed E-state index contributed by atoms with van der Waals surface area (Å²) < 4.78 is 27.3. The summed E-state index contributed by atoms with van der Waals surface area (Å²) in [6.07, 6.45) is 1.73. The fraction of sp³-hybridized carbons (Fsp3) is 0.316. The molecular weight excluding hydrogens is 356 g/mol.